The molecule has 2 heterocycles. The maximum atomic E-state index is 5.87. The van der Waals surface area contributed by atoms with Gasteiger partial charge in [0.05, 0.1) is 6.61 Å². The second kappa shape index (κ2) is 5.14. The fraction of sp³-hybridized carbons (Fsp3) is 0.625. The summed E-state index contributed by atoms with van der Waals surface area (Å²) in [5.74, 6) is 1.62. The molecule has 0 saturated carbocycles. The normalized spacial score (nSPS) is 25.9. The highest BCUT2D eigenvalue weighted by Gasteiger charge is 2.31. The molecule has 0 radical (unpaired) electrons. The van der Waals surface area contributed by atoms with Crippen LogP contribution < -0.4 is 10.5 Å². The number of hydrogen-bond donors (Lipinski definition) is 1. The highest BCUT2D eigenvalue weighted by molar-refractivity contribution is 5.39. The van der Waals surface area contributed by atoms with Crippen molar-refractivity contribution in [3.05, 3.63) is 29.8 Å². The zero-order valence-electron chi connectivity index (χ0n) is 11.8. The zero-order valence-corrected chi connectivity index (χ0v) is 11.8. The topological polar surface area (TPSA) is 38.5 Å². The number of hydrogen-bond acceptors (Lipinski definition) is 3. The molecular weight excluding hydrogens is 236 g/mol. The van der Waals surface area contributed by atoms with Crippen molar-refractivity contribution in [2.45, 2.75) is 25.7 Å². The van der Waals surface area contributed by atoms with Gasteiger partial charge < -0.3 is 15.4 Å². The van der Waals surface area contributed by atoms with E-state index in [9.17, 15) is 0 Å². The Morgan fingerprint density at radius 2 is 2.05 bits per heavy atom. The molecule has 1 unspecified atom stereocenters. The first-order valence-corrected chi connectivity index (χ1v) is 7.34. The Hall–Kier alpha value is -1.06. The molecule has 104 valence electrons. The summed E-state index contributed by atoms with van der Waals surface area (Å²) in [4.78, 5) is 2.58. The maximum absolute atomic E-state index is 5.87. The number of fused-ring (bicyclic) bond motifs is 1. The Bertz CT molecular complexity index is 438. The highest BCUT2D eigenvalue weighted by Crippen LogP contribution is 2.35. The van der Waals surface area contributed by atoms with Gasteiger partial charge >= 0.3 is 0 Å². The first-order chi connectivity index (χ1) is 9.20. The van der Waals surface area contributed by atoms with E-state index in [0.717, 1.165) is 25.4 Å². The van der Waals surface area contributed by atoms with Crippen molar-refractivity contribution >= 4 is 0 Å². The number of piperidine rings is 1. The van der Waals surface area contributed by atoms with Crippen LogP contribution in [0.2, 0.25) is 0 Å². The van der Waals surface area contributed by atoms with Crippen molar-refractivity contribution in [3.8, 4) is 5.75 Å². The van der Waals surface area contributed by atoms with Crippen LogP contribution in [-0.4, -0.2) is 37.7 Å². The Kier molecular flexibility index (Phi) is 3.50. The smallest absolute Gasteiger partial charge is 0.122 e. The van der Waals surface area contributed by atoms with Gasteiger partial charge in [0.1, 0.15) is 5.75 Å². The van der Waals surface area contributed by atoms with Gasteiger partial charge in [0.25, 0.3) is 0 Å². The second-order valence-corrected chi connectivity index (χ2v) is 6.36. The fourth-order valence-corrected chi connectivity index (χ4v) is 3.17. The Labute approximate surface area is 115 Å². The van der Waals surface area contributed by atoms with Gasteiger partial charge in [-0.2, -0.15) is 0 Å². The lowest BCUT2D eigenvalue weighted by Gasteiger charge is -2.39. The summed E-state index contributed by atoms with van der Waals surface area (Å²) in [7, 11) is 0. The third-order valence-electron chi connectivity index (χ3n) is 4.83. The lowest BCUT2D eigenvalue weighted by Crippen LogP contribution is -2.43. The molecule has 2 aliphatic rings. The van der Waals surface area contributed by atoms with E-state index in [-0.39, 0.29) is 0 Å². The van der Waals surface area contributed by atoms with Crippen molar-refractivity contribution in [2.75, 3.05) is 32.8 Å². The number of likely N-dealkylation sites (tertiary alicyclic amines) is 1. The molecule has 1 saturated heterocycles. The van der Waals surface area contributed by atoms with Crippen LogP contribution in [0, 0.1) is 5.41 Å². The SMILES string of the molecule is CC1(CN)CCN(CC2COc3ccccc32)CC1. The average molecular weight is 260 g/mol. The number of rotatable bonds is 3. The predicted molar refractivity (Wildman–Crippen MR) is 77.5 cm³/mol. The van der Waals surface area contributed by atoms with Crippen molar-refractivity contribution in [3.63, 3.8) is 0 Å². The quantitative estimate of drug-likeness (QED) is 0.905. The van der Waals surface area contributed by atoms with Crippen LogP contribution in [0.4, 0.5) is 0 Å². The molecular formula is C16H24N2O. The number of nitrogens with zero attached hydrogens (tertiary/aromatic N) is 1. The lowest BCUT2D eigenvalue weighted by atomic mass is 9.80. The molecule has 2 N–H and O–H groups in total. The Morgan fingerprint density at radius 1 is 1.32 bits per heavy atom. The maximum Gasteiger partial charge on any atom is 0.122 e. The van der Waals surface area contributed by atoms with Crippen molar-refractivity contribution in [1.82, 2.24) is 4.90 Å². The summed E-state index contributed by atoms with van der Waals surface area (Å²) in [6, 6.07) is 8.45. The van der Waals surface area contributed by atoms with Crippen molar-refractivity contribution < 1.29 is 4.74 Å². The van der Waals surface area contributed by atoms with Crippen LogP contribution in [-0.2, 0) is 0 Å². The summed E-state index contributed by atoms with van der Waals surface area (Å²) >= 11 is 0. The Balaban J connectivity index is 1.59. The summed E-state index contributed by atoms with van der Waals surface area (Å²) in [5.41, 5.74) is 7.62. The van der Waals surface area contributed by atoms with E-state index in [1.807, 2.05) is 0 Å². The third-order valence-corrected chi connectivity index (χ3v) is 4.83. The van der Waals surface area contributed by atoms with Gasteiger partial charge in [0.15, 0.2) is 0 Å². The minimum absolute atomic E-state index is 0.362. The first kappa shape index (κ1) is 12.9. The zero-order chi connectivity index (χ0) is 13.3. The van der Waals surface area contributed by atoms with Gasteiger partial charge in [-0.15, -0.1) is 0 Å². The molecule has 0 aromatic heterocycles. The number of para-hydroxylation sites is 1. The van der Waals surface area contributed by atoms with Crippen LogP contribution in [0.1, 0.15) is 31.2 Å². The first-order valence-electron chi connectivity index (χ1n) is 7.34. The molecule has 19 heavy (non-hydrogen) atoms. The molecule has 2 aliphatic heterocycles. The van der Waals surface area contributed by atoms with Crippen LogP contribution in [0.15, 0.2) is 24.3 Å². The number of nitrogens with two attached hydrogens (primary N) is 1. The van der Waals surface area contributed by atoms with Gasteiger partial charge in [-0.1, -0.05) is 25.1 Å². The standard InChI is InChI=1S/C16H24N2O/c1-16(12-17)6-8-18(9-7-16)10-13-11-19-15-5-3-2-4-14(13)15/h2-5,13H,6-12,17H2,1H3. The van der Waals surface area contributed by atoms with Gasteiger partial charge in [-0.3, -0.25) is 0 Å². The predicted octanol–water partition coefficient (Wildman–Crippen LogP) is 2.22. The van der Waals surface area contributed by atoms with Crippen LogP contribution in [0.25, 0.3) is 0 Å². The summed E-state index contributed by atoms with van der Waals surface area (Å²) < 4.78 is 5.77. The number of benzene rings is 1. The van der Waals surface area contributed by atoms with Crippen LogP contribution in [0.5, 0.6) is 5.75 Å². The third kappa shape index (κ3) is 2.63. The fourth-order valence-electron chi connectivity index (χ4n) is 3.17. The molecule has 3 nitrogen and oxygen atoms in total. The second-order valence-electron chi connectivity index (χ2n) is 6.36. The molecule has 3 heteroatoms. The van der Waals surface area contributed by atoms with Gasteiger partial charge in [0, 0.05) is 18.0 Å². The van der Waals surface area contributed by atoms with E-state index >= 15 is 0 Å². The van der Waals surface area contributed by atoms with E-state index in [1.165, 1.54) is 31.5 Å². The van der Waals surface area contributed by atoms with E-state index < -0.39 is 0 Å². The van der Waals surface area contributed by atoms with E-state index in [0.29, 0.717) is 11.3 Å². The van der Waals surface area contributed by atoms with E-state index in [2.05, 4.69) is 36.1 Å². The van der Waals surface area contributed by atoms with Gasteiger partial charge in [0.2, 0.25) is 0 Å². The molecule has 1 aromatic carbocycles. The minimum Gasteiger partial charge on any atom is -0.493 e. The van der Waals surface area contributed by atoms with Crippen molar-refractivity contribution in [1.29, 1.82) is 0 Å². The van der Waals surface area contributed by atoms with E-state index in [1.54, 1.807) is 0 Å². The molecule has 0 spiro atoms. The van der Waals surface area contributed by atoms with Crippen molar-refractivity contribution in [2.24, 2.45) is 11.1 Å². The average Bonchev–Trinajstić information content (AvgIpc) is 2.85. The highest BCUT2D eigenvalue weighted by atomic mass is 16.5. The van der Waals surface area contributed by atoms with Gasteiger partial charge in [-0.05, 0) is 44.0 Å². The molecule has 0 bridgehead atoms. The summed E-state index contributed by atoms with van der Waals surface area (Å²) in [5, 5.41) is 0. The molecule has 1 aromatic rings. The molecule has 0 amide bonds. The van der Waals surface area contributed by atoms with E-state index in [4.69, 9.17) is 10.5 Å². The molecule has 1 fully saturated rings. The number of ether oxygens (including phenoxy) is 1. The molecule has 0 aliphatic carbocycles. The van der Waals surface area contributed by atoms with Crippen LogP contribution in [0.3, 0.4) is 0 Å². The molecule has 3 rings (SSSR count). The molecule has 1 atom stereocenters. The van der Waals surface area contributed by atoms with Crippen LogP contribution >= 0.6 is 0 Å². The minimum atomic E-state index is 0.362. The summed E-state index contributed by atoms with van der Waals surface area (Å²) in [6.45, 7) is 7.44. The monoisotopic (exact) mass is 260 g/mol. The summed E-state index contributed by atoms with van der Waals surface area (Å²) in [6.07, 6.45) is 2.44. The lowest BCUT2D eigenvalue weighted by molar-refractivity contribution is 0.115. The largest absolute Gasteiger partial charge is 0.493 e. The van der Waals surface area contributed by atoms with Gasteiger partial charge in [-0.25, -0.2) is 0 Å². The Morgan fingerprint density at radius 3 is 2.79 bits per heavy atom.